The smallest absolute Gasteiger partial charge is 0.338 e. The van der Waals surface area contributed by atoms with E-state index in [2.05, 4.69) is 4.98 Å². The highest BCUT2D eigenvalue weighted by Crippen LogP contribution is 2.30. The Morgan fingerprint density at radius 1 is 1.03 bits per heavy atom. The summed E-state index contributed by atoms with van der Waals surface area (Å²) in [6.45, 7) is 1.84. The van der Waals surface area contributed by atoms with Crippen LogP contribution in [0.1, 0.15) is 30.6 Å². The van der Waals surface area contributed by atoms with Gasteiger partial charge in [0.2, 0.25) is 0 Å². The van der Waals surface area contributed by atoms with Gasteiger partial charge in [-0.25, -0.2) is 9.78 Å². The number of hydrogen-bond donors (Lipinski definition) is 0. The molecule has 0 atom stereocenters. The van der Waals surface area contributed by atoms with Gasteiger partial charge in [0.25, 0.3) is 11.8 Å². The van der Waals surface area contributed by atoms with Crippen LogP contribution >= 0.6 is 11.3 Å². The number of hydroxylamine groups is 2. The van der Waals surface area contributed by atoms with Gasteiger partial charge >= 0.3 is 5.97 Å². The van der Waals surface area contributed by atoms with E-state index in [1.165, 1.54) is 23.5 Å². The largest absolute Gasteiger partial charge is 0.497 e. The van der Waals surface area contributed by atoms with Gasteiger partial charge in [0, 0.05) is 10.4 Å². The standard InChI is InChI=1S/C21H16N2O5S/c1-12-22-19(13-7-9-14(27-2)10-8-13)17(29-12)11-18(24)28-23-20(25)15-5-3-4-6-16(15)21(23)26/h3-10H,11H2,1-2H3. The number of nitrogens with zero attached hydrogens (tertiary/aromatic N) is 2. The maximum Gasteiger partial charge on any atom is 0.338 e. The molecule has 1 aliphatic heterocycles. The first-order valence-electron chi connectivity index (χ1n) is 8.77. The second-order valence-corrected chi connectivity index (χ2v) is 7.61. The average molecular weight is 408 g/mol. The molecule has 146 valence electrons. The number of amides is 2. The summed E-state index contributed by atoms with van der Waals surface area (Å²) in [5.74, 6) is -1.28. The van der Waals surface area contributed by atoms with Crippen LogP contribution in [0.5, 0.6) is 5.75 Å². The lowest BCUT2D eigenvalue weighted by Crippen LogP contribution is -2.33. The summed E-state index contributed by atoms with van der Waals surface area (Å²) in [4.78, 5) is 47.5. The van der Waals surface area contributed by atoms with Crippen molar-refractivity contribution in [3.8, 4) is 17.0 Å². The number of methoxy groups -OCH3 is 1. The number of rotatable bonds is 5. The van der Waals surface area contributed by atoms with Gasteiger partial charge in [0.15, 0.2) is 0 Å². The molecule has 0 spiro atoms. The topological polar surface area (TPSA) is 85.8 Å². The van der Waals surface area contributed by atoms with E-state index in [9.17, 15) is 14.4 Å². The van der Waals surface area contributed by atoms with Crippen LogP contribution in [0.2, 0.25) is 0 Å². The van der Waals surface area contributed by atoms with Crippen molar-refractivity contribution in [1.82, 2.24) is 10.0 Å². The first-order chi connectivity index (χ1) is 14.0. The van der Waals surface area contributed by atoms with Crippen molar-refractivity contribution in [2.24, 2.45) is 0 Å². The molecule has 2 heterocycles. The summed E-state index contributed by atoms with van der Waals surface area (Å²) in [6, 6.07) is 13.7. The monoisotopic (exact) mass is 408 g/mol. The molecule has 2 aromatic carbocycles. The highest BCUT2D eigenvalue weighted by molar-refractivity contribution is 7.12. The van der Waals surface area contributed by atoms with Crippen LogP contribution in [-0.4, -0.2) is 34.9 Å². The van der Waals surface area contributed by atoms with Gasteiger partial charge in [-0.2, -0.15) is 0 Å². The Kier molecular flexibility index (Phi) is 4.85. The van der Waals surface area contributed by atoms with Crippen LogP contribution in [0.15, 0.2) is 48.5 Å². The summed E-state index contributed by atoms with van der Waals surface area (Å²) in [7, 11) is 1.59. The van der Waals surface area contributed by atoms with Gasteiger partial charge in [-0.15, -0.1) is 11.3 Å². The Balaban J connectivity index is 1.52. The molecule has 0 unspecified atom stereocenters. The predicted octanol–water partition coefficient (Wildman–Crippen LogP) is 3.42. The van der Waals surface area contributed by atoms with Crippen LogP contribution in [-0.2, 0) is 16.1 Å². The molecule has 0 saturated heterocycles. The minimum Gasteiger partial charge on any atom is -0.497 e. The van der Waals surface area contributed by atoms with Crippen LogP contribution in [0.4, 0.5) is 0 Å². The van der Waals surface area contributed by atoms with E-state index < -0.39 is 17.8 Å². The molecule has 29 heavy (non-hydrogen) atoms. The average Bonchev–Trinajstić information content (AvgIpc) is 3.21. The zero-order valence-corrected chi connectivity index (χ0v) is 16.5. The molecule has 0 fully saturated rings. The van der Waals surface area contributed by atoms with Crippen LogP contribution in [0, 0.1) is 6.92 Å². The molecule has 1 aromatic heterocycles. The van der Waals surface area contributed by atoms with Crippen molar-refractivity contribution in [1.29, 1.82) is 0 Å². The summed E-state index contributed by atoms with van der Waals surface area (Å²) >= 11 is 1.36. The second-order valence-electron chi connectivity index (χ2n) is 6.32. The SMILES string of the molecule is COc1ccc(-c2nc(C)sc2CC(=O)ON2C(=O)c3ccccc3C2=O)cc1. The van der Waals surface area contributed by atoms with E-state index in [-0.39, 0.29) is 17.5 Å². The molecule has 0 radical (unpaired) electrons. The Bertz CT molecular complexity index is 1090. The number of fused-ring (bicyclic) bond motifs is 1. The van der Waals surface area contributed by atoms with Gasteiger partial charge in [-0.3, -0.25) is 9.59 Å². The molecule has 2 amide bonds. The molecule has 8 heteroatoms. The van der Waals surface area contributed by atoms with Crippen molar-refractivity contribution in [3.05, 3.63) is 69.5 Å². The highest BCUT2D eigenvalue weighted by atomic mass is 32.1. The van der Waals surface area contributed by atoms with Crippen LogP contribution < -0.4 is 4.74 Å². The van der Waals surface area contributed by atoms with E-state index in [1.807, 2.05) is 31.2 Å². The summed E-state index contributed by atoms with van der Waals surface area (Å²) in [5.41, 5.74) is 1.93. The minimum atomic E-state index is -0.710. The Morgan fingerprint density at radius 3 is 2.24 bits per heavy atom. The number of ether oxygens (including phenoxy) is 1. The first kappa shape index (κ1) is 18.8. The zero-order chi connectivity index (χ0) is 20.5. The maximum atomic E-state index is 12.5. The lowest BCUT2D eigenvalue weighted by Gasteiger charge is -2.12. The third-order valence-electron chi connectivity index (χ3n) is 4.42. The molecule has 4 rings (SSSR count). The summed E-state index contributed by atoms with van der Waals surface area (Å²) in [6.07, 6.45) is -0.111. The van der Waals surface area contributed by atoms with E-state index in [0.29, 0.717) is 21.4 Å². The number of hydrogen-bond acceptors (Lipinski definition) is 7. The van der Waals surface area contributed by atoms with Crippen molar-refractivity contribution >= 4 is 29.1 Å². The van der Waals surface area contributed by atoms with Crippen molar-refractivity contribution in [3.63, 3.8) is 0 Å². The quantitative estimate of drug-likeness (QED) is 0.602. The fourth-order valence-corrected chi connectivity index (χ4v) is 4.02. The molecular formula is C21H16N2O5S. The molecule has 0 bridgehead atoms. The first-order valence-corrected chi connectivity index (χ1v) is 9.59. The van der Waals surface area contributed by atoms with Crippen LogP contribution in [0.3, 0.4) is 0 Å². The number of thiazole rings is 1. The fourth-order valence-electron chi connectivity index (χ4n) is 3.08. The van der Waals surface area contributed by atoms with E-state index >= 15 is 0 Å². The van der Waals surface area contributed by atoms with Gasteiger partial charge in [0.1, 0.15) is 5.75 Å². The second kappa shape index (κ2) is 7.48. The van der Waals surface area contributed by atoms with E-state index in [0.717, 1.165) is 10.6 Å². The zero-order valence-electron chi connectivity index (χ0n) is 15.7. The molecule has 0 aliphatic carbocycles. The Hall–Kier alpha value is -3.52. The summed E-state index contributed by atoms with van der Waals surface area (Å²) < 4.78 is 5.16. The molecule has 1 aliphatic rings. The molecule has 3 aromatic rings. The molecule has 0 saturated carbocycles. The Labute approximate surface area is 170 Å². The van der Waals surface area contributed by atoms with Gasteiger partial charge < -0.3 is 9.57 Å². The van der Waals surface area contributed by atoms with Crippen molar-refractivity contribution in [2.45, 2.75) is 13.3 Å². The van der Waals surface area contributed by atoms with Gasteiger partial charge in [0.05, 0.1) is 35.4 Å². The minimum absolute atomic E-state index is 0.111. The number of carbonyl (C=O) groups is 3. The molecular weight excluding hydrogens is 392 g/mol. The maximum absolute atomic E-state index is 12.5. The van der Waals surface area contributed by atoms with E-state index in [1.54, 1.807) is 19.2 Å². The van der Waals surface area contributed by atoms with E-state index in [4.69, 9.17) is 9.57 Å². The fraction of sp³-hybridized carbons (Fsp3) is 0.143. The van der Waals surface area contributed by atoms with Crippen molar-refractivity contribution < 1.29 is 24.0 Å². The predicted molar refractivity (Wildman–Crippen MR) is 106 cm³/mol. The molecule has 0 N–H and O–H groups in total. The normalized spacial score (nSPS) is 12.8. The number of aromatic nitrogens is 1. The lowest BCUT2D eigenvalue weighted by molar-refractivity contribution is -0.167. The third-order valence-corrected chi connectivity index (χ3v) is 5.39. The van der Waals surface area contributed by atoms with Gasteiger partial charge in [-0.05, 0) is 43.3 Å². The number of imide groups is 1. The van der Waals surface area contributed by atoms with Crippen LogP contribution in [0.25, 0.3) is 11.3 Å². The number of carbonyl (C=O) groups excluding carboxylic acids is 3. The Morgan fingerprint density at radius 2 is 1.66 bits per heavy atom. The number of benzene rings is 2. The third kappa shape index (κ3) is 3.50. The van der Waals surface area contributed by atoms with Crippen molar-refractivity contribution in [2.75, 3.05) is 7.11 Å². The number of aryl methyl sites for hydroxylation is 1. The highest BCUT2D eigenvalue weighted by Gasteiger charge is 2.38. The lowest BCUT2D eigenvalue weighted by atomic mass is 10.1. The molecule has 7 nitrogen and oxygen atoms in total. The van der Waals surface area contributed by atoms with Gasteiger partial charge in [-0.1, -0.05) is 17.2 Å². The summed E-state index contributed by atoms with van der Waals surface area (Å²) in [5, 5.41) is 1.31.